The number of aromatic carboxylic acids is 1. The molecule has 0 unspecified atom stereocenters. The van der Waals surface area contributed by atoms with Gasteiger partial charge in [-0.15, -0.1) is 0 Å². The van der Waals surface area contributed by atoms with E-state index in [1.165, 1.54) is 18.2 Å². The number of benzene rings is 3. The summed E-state index contributed by atoms with van der Waals surface area (Å²) in [7, 11) is 0. The molecule has 1 aliphatic rings. The van der Waals surface area contributed by atoms with Crippen LogP contribution in [0.5, 0.6) is 0 Å². The van der Waals surface area contributed by atoms with Crippen molar-refractivity contribution in [2.75, 3.05) is 11.9 Å². The summed E-state index contributed by atoms with van der Waals surface area (Å²) in [5.74, 6) is -1.60. The second kappa shape index (κ2) is 9.97. The molecule has 0 saturated heterocycles. The SMILES string of the molecule is C[C@@H](CC(=O)Nc1cc(Cl)cc(C(=O)O)c1)NC(=O)OCC1c2ccccc2-c2ccccc21. The first-order chi connectivity index (χ1) is 16.3. The summed E-state index contributed by atoms with van der Waals surface area (Å²) in [6.07, 6.45) is -0.642. The zero-order valence-electron chi connectivity index (χ0n) is 18.4. The molecule has 0 bridgehead atoms. The molecule has 4 rings (SSSR count). The average molecular weight is 479 g/mol. The number of carboxylic acids is 1. The van der Waals surface area contributed by atoms with Crippen LogP contribution in [0.25, 0.3) is 11.1 Å². The number of alkyl carbamates (subject to hydrolysis) is 1. The highest BCUT2D eigenvalue weighted by molar-refractivity contribution is 6.31. The molecule has 0 saturated carbocycles. The third-order valence-electron chi connectivity index (χ3n) is 5.63. The lowest BCUT2D eigenvalue weighted by Crippen LogP contribution is -2.36. The van der Waals surface area contributed by atoms with Gasteiger partial charge in [-0.05, 0) is 47.4 Å². The Balaban J connectivity index is 1.31. The minimum atomic E-state index is -1.15. The fraction of sp³-hybridized carbons (Fsp3) is 0.192. The van der Waals surface area contributed by atoms with Gasteiger partial charge in [-0.3, -0.25) is 4.79 Å². The van der Waals surface area contributed by atoms with Gasteiger partial charge in [0.25, 0.3) is 0 Å². The second-order valence-electron chi connectivity index (χ2n) is 8.16. The molecule has 2 amide bonds. The van der Waals surface area contributed by atoms with E-state index in [1.807, 2.05) is 36.4 Å². The fourth-order valence-corrected chi connectivity index (χ4v) is 4.40. The van der Waals surface area contributed by atoms with Gasteiger partial charge < -0.3 is 20.5 Å². The third-order valence-corrected chi connectivity index (χ3v) is 5.85. The van der Waals surface area contributed by atoms with Crippen LogP contribution in [0.15, 0.2) is 66.7 Å². The van der Waals surface area contributed by atoms with Crippen LogP contribution >= 0.6 is 11.6 Å². The van der Waals surface area contributed by atoms with Crippen molar-refractivity contribution in [2.45, 2.75) is 25.3 Å². The number of fused-ring (bicyclic) bond motifs is 3. The molecule has 8 heteroatoms. The molecule has 1 atom stereocenters. The third kappa shape index (κ3) is 5.21. The van der Waals surface area contributed by atoms with Crippen molar-refractivity contribution < 1.29 is 24.2 Å². The lowest BCUT2D eigenvalue weighted by atomic mass is 9.98. The Morgan fingerprint density at radius 1 is 1.00 bits per heavy atom. The Hall–Kier alpha value is -3.84. The van der Waals surface area contributed by atoms with E-state index in [9.17, 15) is 14.4 Å². The average Bonchev–Trinajstić information content (AvgIpc) is 3.10. The Morgan fingerprint density at radius 3 is 2.24 bits per heavy atom. The first-order valence-electron chi connectivity index (χ1n) is 10.8. The number of carbonyl (C=O) groups excluding carboxylic acids is 2. The fourth-order valence-electron chi connectivity index (χ4n) is 4.17. The van der Waals surface area contributed by atoms with Crippen LogP contribution in [0.3, 0.4) is 0 Å². The Kier molecular flexibility index (Phi) is 6.84. The zero-order valence-corrected chi connectivity index (χ0v) is 19.1. The molecule has 0 aliphatic heterocycles. The summed E-state index contributed by atoms with van der Waals surface area (Å²) in [5, 5.41) is 14.6. The van der Waals surface area contributed by atoms with E-state index in [1.54, 1.807) is 6.92 Å². The molecule has 0 fully saturated rings. The van der Waals surface area contributed by atoms with Crippen molar-refractivity contribution in [1.82, 2.24) is 5.32 Å². The molecule has 0 aromatic heterocycles. The summed E-state index contributed by atoms with van der Waals surface area (Å²) in [6.45, 7) is 1.86. The molecule has 3 aromatic rings. The monoisotopic (exact) mass is 478 g/mol. The first kappa shape index (κ1) is 23.3. The standard InChI is InChI=1S/C26H23ClN2O5/c1-15(10-24(30)29-18-12-16(25(31)32)11-17(27)13-18)28-26(33)34-14-23-21-8-4-2-6-19(21)20-7-3-5-9-22(20)23/h2-9,11-13,15,23H,10,14H2,1H3,(H,28,33)(H,29,30)(H,31,32)/t15-/m0/s1. The molecule has 3 aromatic carbocycles. The smallest absolute Gasteiger partial charge is 0.407 e. The highest BCUT2D eigenvalue weighted by Crippen LogP contribution is 2.44. The molecule has 174 valence electrons. The Bertz CT molecular complexity index is 1210. The highest BCUT2D eigenvalue weighted by Gasteiger charge is 2.29. The quantitative estimate of drug-likeness (QED) is 0.427. The molecule has 0 heterocycles. The van der Waals surface area contributed by atoms with Crippen molar-refractivity contribution in [1.29, 1.82) is 0 Å². The van der Waals surface area contributed by atoms with E-state index in [4.69, 9.17) is 21.4 Å². The number of hydrogen-bond acceptors (Lipinski definition) is 4. The predicted molar refractivity (Wildman–Crippen MR) is 129 cm³/mol. The van der Waals surface area contributed by atoms with Gasteiger partial charge in [-0.1, -0.05) is 60.1 Å². The number of carbonyl (C=O) groups is 3. The Morgan fingerprint density at radius 2 is 1.62 bits per heavy atom. The van der Waals surface area contributed by atoms with E-state index in [0.29, 0.717) is 0 Å². The largest absolute Gasteiger partial charge is 0.478 e. The number of carboxylic acid groups (broad SMARTS) is 1. The summed E-state index contributed by atoms with van der Waals surface area (Å²) in [4.78, 5) is 35.9. The maximum Gasteiger partial charge on any atom is 0.407 e. The van der Waals surface area contributed by atoms with Crippen molar-refractivity contribution in [3.63, 3.8) is 0 Å². The van der Waals surface area contributed by atoms with Gasteiger partial charge in [0.2, 0.25) is 5.91 Å². The summed E-state index contributed by atoms with van der Waals surface area (Å²) in [5.41, 5.74) is 4.75. The molecule has 34 heavy (non-hydrogen) atoms. The van der Waals surface area contributed by atoms with Gasteiger partial charge >= 0.3 is 12.1 Å². The predicted octanol–water partition coefficient (Wildman–Crippen LogP) is 5.29. The van der Waals surface area contributed by atoms with E-state index in [-0.39, 0.29) is 35.2 Å². The van der Waals surface area contributed by atoms with Crippen LogP contribution in [0, 0.1) is 0 Å². The Labute approximate surface area is 201 Å². The van der Waals surface area contributed by atoms with Crippen molar-refractivity contribution in [3.8, 4) is 11.1 Å². The first-order valence-corrected chi connectivity index (χ1v) is 11.1. The van der Waals surface area contributed by atoms with Crippen LogP contribution in [-0.4, -0.2) is 35.7 Å². The summed E-state index contributed by atoms with van der Waals surface area (Å²) >= 11 is 5.92. The zero-order chi connectivity index (χ0) is 24.2. The van der Waals surface area contributed by atoms with Crippen molar-refractivity contribution in [3.05, 3.63) is 88.4 Å². The van der Waals surface area contributed by atoms with Crippen LogP contribution in [0.1, 0.15) is 40.7 Å². The number of hydrogen-bond donors (Lipinski definition) is 3. The van der Waals surface area contributed by atoms with E-state index >= 15 is 0 Å². The molecule has 0 spiro atoms. The van der Waals surface area contributed by atoms with E-state index in [0.717, 1.165) is 22.3 Å². The minimum Gasteiger partial charge on any atom is -0.478 e. The van der Waals surface area contributed by atoms with Crippen LogP contribution in [0.4, 0.5) is 10.5 Å². The van der Waals surface area contributed by atoms with Crippen molar-refractivity contribution >= 4 is 35.3 Å². The molecule has 1 aliphatic carbocycles. The number of amides is 2. The van der Waals surface area contributed by atoms with Crippen molar-refractivity contribution in [2.24, 2.45) is 0 Å². The number of anilines is 1. The van der Waals surface area contributed by atoms with Gasteiger partial charge in [-0.25, -0.2) is 9.59 Å². The molecular formula is C26H23ClN2O5. The molecule has 0 radical (unpaired) electrons. The minimum absolute atomic E-state index is 0.0287. The van der Waals surface area contributed by atoms with Gasteiger partial charge in [0, 0.05) is 29.1 Å². The molecule has 3 N–H and O–H groups in total. The van der Waals surface area contributed by atoms with Gasteiger partial charge in [0.05, 0.1) is 5.56 Å². The summed E-state index contributed by atoms with van der Waals surface area (Å²) < 4.78 is 5.50. The number of halogens is 1. The second-order valence-corrected chi connectivity index (χ2v) is 8.59. The van der Waals surface area contributed by atoms with Gasteiger partial charge in [0.15, 0.2) is 0 Å². The normalized spacial score (nSPS) is 12.9. The van der Waals surface area contributed by atoms with E-state index < -0.39 is 24.0 Å². The van der Waals surface area contributed by atoms with E-state index in [2.05, 4.69) is 22.8 Å². The number of rotatable bonds is 7. The lowest BCUT2D eigenvalue weighted by Gasteiger charge is -2.17. The van der Waals surface area contributed by atoms with Crippen LogP contribution in [0.2, 0.25) is 5.02 Å². The van der Waals surface area contributed by atoms with Gasteiger partial charge in [-0.2, -0.15) is 0 Å². The maximum atomic E-state index is 12.4. The van der Waals surface area contributed by atoms with Crippen LogP contribution < -0.4 is 10.6 Å². The summed E-state index contributed by atoms with van der Waals surface area (Å²) in [6, 6.07) is 19.7. The van der Waals surface area contributed by atoms with Crippen LogP contribution in [-0.2, 0) is 9.53 Å². The molecule has 7 nitrogen and oxygen atoms in total. The highest BCUT2D eigenvalue weighted by atomic mass is 35.5. The lowest BCUT2D eigenvalue weighted by molar-refractivity contribution is -0.116. The number of nitrogens with one attached hydrogen (secondary N) is 2. The topological polar surface area (TPSA) is 105 Å². The van der Waals surface area contributed by atoms with Gasteiger partial charge in [0.1, 0.15) is 6.61 Å². The number of ether oxygens (including phenoxy) is 1. The molecular weight excluding hydrogens is 456 g/mol. The maximum absolute atomic E-state index is 12.4.